The summed E-state index contributed by atoms with van der Waals surface area (Å²) in [6, 6.07) is 8.70. The Morgan fingerprint density at radius 2 is 1.88 bits per heavy atom. The van der Waals surface area contributed by atoms with Gasteiger partial charge in [0.1, 0.15) is 11.7 Å². The number of nitrogens with zero attached hydrogens (tertiary/aromatic N) is 2. The van der Waals surface area contributed by atoms with E-state index in [4.69, 9.17) is 11.6 Å². The molecule has 0 unspecified atom stereocenters. The van der Waals surface area contributed by atoms with Gasteiger partial charge in [-0.1, -0.05) is 12.1 Å². The quantitative estimate of drug-likeness (QED) is 0.359. The summed E-state index contributed by atoms with van der Waals surface area (Å²) in [4.78, 5) is 35.8. The zero-order chi connectivity index (χ0) is 17.9. The van der Waals surface area contributed by atoms with Crippen molar-refractivity contribution in [3.05, 3.63) is 69.5 Å². The lowest BCUT2D eigenvalue weighted by atomic mass is 10.00. The van der Waals surface area contributed by atoms with Gasteiger partial charge in [-0.05, 0) is 18.2 Å². The van der Waals surface area contributed by atoms with Crippen LogP contribution in [0.15, 0.2) is 42.5 Å². The average molecular weight is 351 g/mol. The molecular weight excluding hydrogens is 339 g/mol. The molecule has 0 aromatic heterocycles. The van der Waals surface area contributed by atoms with Gasteiger partial charge in [-0.2, -0.15) is 0 Å². The van der Waals surface area contributed by atoms with Crippen molar-refractivity contribution < 1.29 is 18.9 Å². The normalized spacial score (nSPS) is 10.3. The molecule has 1 amide bonds. The minimum Gasteiger partial charge on any atom is -0.314 e. The van der Waals surface area contributed by atoms with E-state index in [-0.39, 0.29) is 28.4 Å². The standard InChI is InChI=1S/C16H12ClFN2O4/c1-19(15(21)9-17)14-7-6-10(20(23)24)8-12(14)16(22)11-4-2-3-5-13(11)18/h2-8H,9H2,1H3. The van der Waals surface area contributed by atoms with E-state index in [0.29, 0.717) is 0 Å². The Morgan fingerprint density at radius 1 is 1.21 bits per heavy atom. The number of nitro groups is 1. The number of carbonyl (C=O) groups excluding carboxylic acids is 2. The zero-order valence-electron chi connectivity index (χ0n) is 12.5. The highest BCUT2D eigenvalue weighted by Crippen LogP contribution is 2.28. The van der Waals surface area contributed by atoms with Crippen LogP contribution < -0.4 is 4.90 Å². The van der Waals surface area contributed by atoms with E-state index in [0.717, 1.165) is 23.1 Å². The number of amides is 1. The number of halogens is 2. The molecule has 2 rings (SSSR count). The number of hydrogen-bond acceptors (Lipinski definition) is 4. The van der Waals surface area contributed by atoms with E-state index < -0.39 is 22.4 Å². The van der Waals surface area contributed by atoms with Crippen LogP contribution in [-0.4, -0.2) is 29.5 Å². The molecule has 0 aliphatic heterocycles. The maximum atomic E-state index is 13.9. The van der Waals surface area contributed by atoms with Crippen LogP contribution in [0.25, 0.3) is 0 Å². The van der Waals surface area contributed by atoms with Crippen LogP contribution in [-0.2, 0) is 4.79 Å². The summed E-state index contributed by atoms with van der Waals surface area (Å²) >= 11 is 5.51. The van der Waals surface area contributed by atoms with Gasteiger partial charge in [0.15, 0.2) is 5.78 Å². The molecule has 0 aliphatic rings. The molecule has 8 heteroatoms. The molecule has 0 atom stereocenters. The van der Waals surface area contributed by atoms with Crippen molar-refractivity contribution in [1.82, 2.24) is 0 Å². The summed E-state index contributed by atoms with van der Waals surface area (Å²) in [6.45, 7) is 0. The maximum absolute atomic E-state index is 13.9. The summed E-state index contributed by atoms with van der Waals surface area (Å²) in [5.74, 6) is -2.36. The molecule has 124 valence electrons. The highest BCUT2D eigenvalue weighted by atomic mass is 35.5. The minimum absolute atomic E-state index is 0.111. The van der Waals surface area contributed by atoms with Gasteiger partial charge in [-0.3, -0.25) is 19.7 Å². The molecule has 0 spiro atoms. The summed E-state index contributed by atoms with van der Waals surface area (Å²) in [5, 5.41) is 11.0. The van der Waals surface area contributed by atoms with Crippen LogP contribution in [0.3, 0.4) is 0 Å². The topological polar surface area (TPSA) is 80.5 Å². The average Bonchev–Trinajstić information content (AvgIpc) is 2.59. The van der Waals surface area contributed by atoms with Crippen LogP contribution in [0.5, 0.6) is 0 Å². The van der Waals surface area contributed by atoms with Crippen molar-refractivity contribution in [2.24, 2.45) is 0 Å². The number of non-ortho nitro benzene ring substituents is 1. The molecule has 6 nitrogen and oxygen atoms in total. The molecule has 0 fully saturated rings. The minimum atomic E-state index is -0.763. The third-order valence-corrected chi connectivity index (χ3v) is 3.63. The Bertz CT molecular complexity index is 825. The maximum Gasteiger partial charge on any atom is 0.270 e. The summed E-state index contributed by atoms with van der Waals surface area (Å²) in [5.41, 5.74) is -0.633. The first-order chi connectivity index (χ1) is 11.4. The van der Waals surface area contributed by atoms with Gasteiger partial charge in [0, 0.05) is 19.2 Å². The third kappa shape index (κ3) is 3.41. The first-order valence-electron chi connectivity index (χ1n) is 6.77. The van der Waals surface area contributed by atoms with Gasteiger partial charge in [-0.25, -0.2) is 4.39 Å². The van der Waals surface area contributed by atoms with Crippen molar-refractivity contribution >= 4 is 34.7 Å². The number of hydrogen-bond donors (Lipinski definition) is 0. The molecule has 2 aromatic carbocycles. The Morgan fingerprint density at radius 3 is 2.46 bits per heavy atom. The van der Waals surface area contributed by atoms with E-state index in [1.165, 1.54) is 31.3 Å². The summed E-state index contributed by atoms with van der Waals surface area (Å²) < 4.78 is 13.9. The molecule has 0 aliphatic carbocycles. The van der Waals surface area contributed by atoms with Crippen molar-refractivity contribution in [3.63, 3.8) is 0 Å². The van der Waals surface area contributed by atoms with Crippen LogP contribution in [0.1, 0.15) is 15.9 Å². The van der Waals surface area contributed by atoms with Crippen molar-refractivity contribution in [3.8, 4) is 0 Å². The monoisotopic (exact) mass is 350 g/mol. The second-order valence-corrected chi connectivity index (χ2v) is 5.12. The number of nitro benzene ring substituents is 1. The van der Waals surface area contributed by atoms with Crippen molar-refractivity contribution in [1.29, 1.82) is 0 Å². The van der Waals surface area contributed by atoms with E-state index >= 15 is 0 Å². The second-order valence-electron chi connectivity index (χ2n) is 4.85. The van der Waals surface area contributed by atoms with Crippen LogP contribution >= 0.6 is 11.6 Å². The molecule has 0 bridgehead atoms. The van der Waals surface area contributed by atoms with Gasteiger partial charge < -0.3 is 4.90 Å². The predicted molar refractivity (Wildman–Crippen MR) is 87.1 cm³/mol. The molecule has 0 saturated heterocycles. The Hall–Kier alpha value is -2.80. The second kappa shape index (κ2) is 7.18. The molecule has 24 heavy (non-hydrogen) atoms. The highest BCUT2D eigenvalue weighted by molar-refractivity contribution is 6.29. The van der Waals surface area contributed by atoms with E-state index in [1.807, 2.05) is 0 Å². The number of carbonyl (C=O) groups is 2. The van der Waals surface area contributed by atoms with E-state index in [2.05, 4.69) is 0 Å². The largest absolute Gasteiger partial charge is 0.314 e. The number of ketones is 1. The SMILES string of the molecule is CN(C(=O)CCl)c1ccc([N+](=O)[O-])cc1C(=O)c1ccccc1F. The first-order valence-corrected chi connectivity index (χ1v) is 7.30. The smallest absolute Gasteiger partial charge is 0.270 e. The molecule has 0 radical (unpaired) electrons. The Balaban J connectivity index is 2.62. The predicted octanol–water partition coefficient (Wildman–Crippen LogP) is 3.17. The number of alkyl halides is 1. The van der Waals surface area contributed by atoms with Crippen molar-refractivity contribution in [2.45, 2.75) is 0 Å². The fraction of sp³-hybridized carbons (Fsp3) is 0.125. The lowest BCUT2D eigenvalue weighted by Crippen LogP contribution is -2.29. The Kier molecular flexibility index (Phi) is 5.25. The van der Waals surface area contributed by atoms with Gasteiger partial charge in [0.2, 0.25) is 5.91 Å². The number of rotatable bonds is 5. The first kappa shape index (κ1) is 17.6. The fourth-order valence-electron chi connectivity index (χ4n) is 2.13. The van der Waals surface area contributed by atoms with E-state index in [1.54, 1.807) is 0 Å². The molecule has 0 saturated carbocycles. The van der Waals surface area contributed by atoms with Gasteiger partial charge in [0.25, 0.3) is 5.69 Å². The zero-order valence-corrected chi connectivity index (χ0v) is 13.3. The van der Waals surface area contributed by atoms with E-state index in [9.17, 15) is 24.1 Å². The molecule has 0 N–H and O–H groups in total. The number of anilines is 1. The molecule has 2 aromatic rings. The van der Waals surface area contributed by atoms with Gasteiger partial charge in [0.05, 0.1) is 21.7 Å². The Labute approximate surface area is 141 Å². The highest BCUT2D eigenvalue weighted by Gasteiger charge is 2.24. The summed E-state index contributed by atoms with van der Waals surface area (Å²) in [7, 11) is 1.38. The van der Waals surface area contributed by atoms with Gasteiger partial charge >= 0.3 is 0 Å². The fourth-order valence-corrected chi connectivity index (χ4v) is 2.31. The van der Waals surface area contributed by atoms with Gasteiger partial charge in [-0.15, -0.1) is 11.6 Å². The molecular formula is C16H12ClFN2O4. The van der Waals surface area contributed by atoms with Crippen LogP contribution in [0.2, 0.25) is 0 Å². The lowest BCUT2D eigenvalue weighted by Gasteiger charge is -2.19. The summed E-state index contributed by atoms with van der Waals surface area (Å²) in [6.07, 6.45) is 0. The third-order valence-electron chi connectivity index (χ3n) is 3.40. The van der Waals surface area contributed by atoms with Crippen LogP contribution in [0, 0.1) is 15.9 Å². The number of benzene rings is 2. The van der Waals surface area contributed by atoms with Crippen molar-refractivity contribution in [2.75, 3.05) is 17.8 Å². The lowest BCUT2D eigenvalue weighted by molar-refractivity contribution is -0.384. The molecule has 0 heterocycles. The van der Waals surface area contributed by atoms with Crippen LogP contribution in [0.4, 0.5) is 15.8 Å².